The standard InChI is InChI=1S/C13H23N3O/c1-4-12-7-15-13(17-12)8-14-11-5-6-16(9-11)10(2)3/h7,10-11,14H,4-6,8-9H2,1-3H3. The van der Waals surface area contributed by atoms with E-state index in [2.05, 4.69) is 36.0 Å². The van der Waals surface area contributed by atoms with Crippen molar-refractivity contribution < 1.29 is 4.42 Å². The van der Waals surface area contributed by atoms with Crippen molar-refractivity contribution in [3.8, 4) is 0 Å². The van der Waals surface area contributed by atoms with Crippen molar-refractivity contribution in [1.29, 1.82) is 0 Å². The van der Waals surface area contributed by atoms with E-state index in [0.29, 0.717) is 12.1 Å². The molecule has 0 saturated carbocycles. The molecule has 1 atom stereocenters. The van der Waals surface area contributed by atoms with Crippen LogP contribution in [-0.2, 0) is 13.0 Å². The third kappa shape index (κ3) is 3.30. The molecule has 4 nitrogen and oxygen atoms in total. The zero-order valence-electron chi connectivity index (χ0n) is 11.1. The van der Waals surface area contributed by atoms with Crippen LogP contribution >= 0.6 is 0 Å². The minimum absolute atomic E-state index is 0.578. The largest absolute Gasteiger partial charge is 0.444 e. The molecule has 0 amide bonds. The maximum Gasteiger partial charge on any atom is 0.208 e. The molecule has 1 saturated heterocycles. The fourth-order valence-corrected chi connectivity index (χ4v) is 2.25. The molecule has 1 aromatic rings. The van der Waals surface area contributed by atoms with Crippen molar-refractivity contribution in [2.24, 2.45) is 0 Å². The Morgan fingerprint density at radius 1 is 1.59 bits per heavy atom. The second-order valence-corrected chi connectivity index (χ2v) is 5.03. The number of oxazole rings is 1. The molecule has 4 heteroatoms. The number of rotatable bonds is 5. The number of nitrogens with one attached hydrogen (secondary N) is 1. The van der Waals surface area contributed by atoms with Crippen molar-refractivity contribution in [2.75, 3.05) is 13.1 Å². The van der Waals surface area contributed by atoms with E-state index in [0.717, 1.165) is 31.2 Å². The van der Waals surface area contributed by atoms with Gasteiger partial charge in [-0.25, -0.2) is 4.98 Å². The Kier molecular flexibility index (Phi) is 4.18. The molecule has 0 bridgehead atoms. The maximum atomic E-state index is 5.58. The van der Waals surface area contributed by atoms with Crippen LogP contribution in [0.4, 0.5) is 0 Å². The molecule has 1 unspecified atom stereocenters. The SMILES string of the molecule is CCc1cnc(CNC2CCN(C(C)C)C2)o1. The Bertz CT molecular complexity index is 348. The highest BCUT2D eigenvalue weighted by molar-refractivity contribution is 4.94. The first-order valence-corrected chi connectivity index (χ1v) is 6.60. The lowest BCUT2D eigenvalue weighted by molar-refractivity contribution is 0.267. The highest BCUT2D eigenvalue weighted by Gasteiger charge is 2.23. The van der Waals surface area contributed by atoms with Crippen LogP contribution in [0.25, 0.3) is 0 Å². The van der Waals surface area contributed by atoms with Gasteiger partial charge in [-0.3, -0.25) is 4.90 Å². The van der Waals surface area contributed by atoms with Gasteiger partial charge < -0.3 is 9.73 Å². The Morgan fingerprint density at radius 3 is 3.00 bits per heavy atom. The molecule has 1 aliphatic heterocycles. The lowest BCUT2D eigenvalue weighted by Crippen LogP contribution is -2.34. The summed E-state index contributed by atoms with van der Waals surface area (Å²) in [5, 5.41) is 3.52. The van der Waals surface area contributed by atoms with Gasteiger partial charge in [0, 0.05) is 25.0 Å². The average Bonchev–Trinajstić information content (AvgIpc) is 2.95. The Hall–Kier alpha value is -0.870. The molecule has 2 heterocycles. The summed E-state index contributed by atoms with van der Waals surface area (Å²) in [7, 11) is 0. The summed E-state index contributed by atoms with van der Waals surface area (Å²) in [5.41, 5.74) is 0. The minimum atomic E-state index is 0.578. The molecule has 1 aromatic heterocycles. The van der Waals surface area contributed by atoms with E-state index < -0.39 is 0 Å². The Morgan fingerprint density at radius 2 is 2.41 bits per heavy atom. The van der Waals surface area contributed by atoms with Gasteiger partial charge in [-0.05, 0) is 26.8 Å². The van der Waals surface area contributed by atoms with E-state index in [1.54, 1.807) is 0 Å². The fourth-order valence-electron chi connectivity index (χ4n) is 2.25. The molecule has 0 spiro atoms. The predicted octanol–water partition coefficient (Wildman–Crippen LogP) is 1.81. The number of nitrogens with zero attached hydrogens (tertiary/aromatic N) is 2. The summed E-state index contributed by atoms with van der Waals surface area (Å²) in [6, 6.07) is 1.23. The number of likely N-dealkylation sites (tertiary alicyclic amines) is 1. The zero-order valence-corrected chi connectivity index (χ0v) is 11.1. The fraction of sp³-hybridized carbons (Fsp3) is 0.769. The smallest absolute Gasteiger partial charge is 0.208 e. The molecule has 1 fully saturated rings. The van der Waals surface area contributed by atoms with Gasteiger partial charge in [0.05, 0.1) is 12.7 Å². The van der Waals surface area contributed by atoms with Crippen molar-refractivity contribution in [3.63, 3.8) is 0 Å². The van der Waals surface area contributed by atoms with Gasteiger partial charge in [-0.15, -0.1) is 0 Å². The molecular weight excluding hydrogens is 214 g/mol. The van der Waals surface area contributed by atoms with Crippen molar-refractivity contribution in [2.45, 2.75) is 52.2 Å². The number of aromatic nitrogens is 1. The highest BCUT2D eigenvalue weighted by atomic mass is 16.4. The first-order valence-electron chi connectivity index (χ1n) is 6.60. The average molecular weight is 237 g/mol. The minimum Gasteiger partial charge on any atom is -0.444 e. The van der Waals surface area contributed by atoms with E-state index in [1.807, 2.05) is 6.20 Å². The van der Waals surface area contributed by atoms with Crippen LogP contribution in [0.15, 0.2) is 10.6 Å². The summed E-state index contributed by atoms with van der Waals surface area (Å²) >= 11 is 0. The van der Waals surface area contributed by atoms with E-state index >= 15 is 0 Å². The summed E-state index contributed by atoms with van der Waals surface area (Å²) < 4.78 is 5.58. The molecule has 0 aromatic carbocycles. The van der Waals surface area contributed by atoms with Gasteiger partial charge in [0.2, 0.25) is 5.89 Å². The Labute approximate surface area is 103 Å². The lowest BCUT2D eigenvalue weighted by atomic mass is 10.2. The first kappa shape index (κ1) is 12.6. The second-order valence-electron chi connectivity index (χ2n) is 5.03. The van der Waals surface area contributed by atoms with Crippen LogP contribution in [0.5, 0.6) is 0 Å². The van der Waals surface area contributed by atoms with Gasteiger partial charge >= 0.3 is 0 Å². The third-order valence-electron chi connectivity index (χ3n) is 3.44. The van der Waals surface area contributed by atoms with E-state index in [1.165, 1.54) is 13.0 Å². The van der Waals surface area contributed by atoms with Crippen LogP contribution < -0.4 is 5.32 Å². The Balaban J connectivity index is 1.76. The number of hydrogen-bond acceptors (Lipinski definition) is 4. The quantitative estimate of drug-likeness (QED) is 0.848. The number of aryl methyl sites for hydroxylation is 1. The van der Waals surface area contributed by atoms with Gasteiger partial charge in [0.1, 0.15) is 5.76 Å². The van der Waals surface area contributed by atoms with Crippen molar-refractivity contribution in [1.82, 2.24) is 15.2 Å². The number of hydrogen-bond donors (Lipinski definition) is 1. The highest BCUT2D eigenvalue weighted by Crippen LogP contribution is 2.13. The van der Waals surface area contributed by atoms with Gasteiger partial charge in [0.25, 0.3) is 0 Å². The summed E-state index contributed by atoms with van der Waals surface area (Å²) in [6.07, 6.45) is 3.96. The van der Waals surface area contributed by atoms with Crippen LogP contribution in [0, 0.1) is 0 Å². The molecule has 96 valence electrons. The topological polar surface area (TPSA) is 41.3 Å². The van der Waals surface area contributed by atoms with Crippen molar-refractivity contribution in [3.05, 3.63) is 17.8 Å². The summed E-state index contributed by atoms with van der Waals surface area (Å²) in [6.45, 7) is 9.67. The van der Waals surface area contributed by atoms with Crippen LogP contribution in [0.2, 0.25) is 0 Å². The van der Waals surface area contributed by atoms with E-state index in [9.17, 15) is 0 Å². The third-order valence-corrected chi connectivity index (χ3v) is 3.44. The molecule has 17 heavy (non-hydrogen) atoms. The van der Waals surface area contributed by atoms with Crippen molar-refractivity contribution >= 4 is 0 Å². The van der Waals surface area contributed by atoms with Gasteiger partial charge in [-0.2, -0.15) is 0 Å². The molecule has 0 radical (unpaired) electrons. The monoisotopic (exact) mass is 237 g/mol. The molecule has 1 N–H and O–H groups in total. The van der Waals surface area contributed by atoms with Gasteiger partial charge in [0.15, 0.2) is 0 Å². The first-order chi connectivity index (χ1) is 8.19. The van der Waals surface area contributed by atoms with Crippen LogP contribution in [-0.4, -0.2) is 35.1 Å². The molecule has 2 rings (SSSR count). The normalized spacial score (nSPS) is 21.5. The molecule has 0 aliphatic carbocycles. The second kappa shape index (κ2) is 5.65. The van der Waals surface area contributed by atoms with Gasteiger partial charge in [-0.1, -0.05) is 6.92 Å². The molecular formula is C13H23N3O. The zero-order chi connectivity index (χ0) is 12.3. The summed E-state index contributed by atoms with van der Waals surface area (Å²) in [4.78, 5) is 6.76. The van der Waals surface area contributed by atoms with E-state index in [-0.39, 0.29) is 0 Å². The van der Waals surface area contributed by atoms with Crippen LogP contribution in [0.3, 0.4) is 0 Å². The maximum absolute atomic E-state index is 5.58. The summed E-state index contributed by atoms with van der Waals surface area (Å²) in [5.74, 6) is 1.78. The van der Waals surface area contributed by atoms with E-state index in [4.69, 9.17) is 4.42 Å². The van der Waals surface area contributed by atoms with Crippen LogP contribution in [0.1, 0.15) is 38.8 Å². The predicted molar refractivity (Wildman–Crippen MR) is 67.8 cm³/mol. The lowest BCUT2D eigenvalue weighted by Gasteiger charge is -2.20. The molecule has 1 aliphatic rings.